The molecule has 1 unspecified atom stereocenters. The normalized spacial score (nSPS) is 15.9. The molecular weight excluding hydrogens is 360 g/mol. The SMILES string of the molecule is COc1cc2c(cc1-c1cccc(Cl)c1)C(c1ccccc1)NC(=O)N2C. The van der Waals surface area contributed by atoms with E-state index in [0.29, 0.717) is 10.8 Å². The number of nitrogens with zero attached hydrogens (tertiary/aromatic N) is 1. The van der Waals surface area contributed by atoms with Gasteiger partial charge in [-0.1, -0.05) is 54.1 Å². The molecule has 4 nitrogen and oxygen atoms in total. The van der Waals surface area contributed by atoms with Gasteiger partial charge in [-0.3, -0.25) is 4.90 Å². The first kappa shape index (κ1) is 17.4. The largest absolute Gasteiger partial charge is 0.496 e. The zero-order valence-corrected chi connectivity index (χ0v) is 15.8. The number of halogens is 1. The molecule has 1 atom stereocenters. The summed E-state index contributed by atoms with van der Waals surface area (Å²) in [5.41, 5.74) is 4.77. The molecule has 3 aromatic rings. The van der Waals surface area contributed by atoms with E-state index in [-0.39, 0.29) is 12.1 Å². The summed E-state index contributed by atoms with van der Waals surface area (Å²) in [5, 5.41) is 3.75. The Hall–Kier alpha value is -2.98. The van der Waals surface area contributed by atoms with Crippen LogP contribution in [0.15, 0.2) is 66.7 Å². The van der Waals surface area contributed by atoms with Crippen molar-refractivity contribution in [1.82, 2.24) is 5.32 Å². The molecule has 136 valence electrons. The topological polar surface area (TPSA) is 41.6 Å². The van der Waals surface area contributed by atoms with Gasteiger partial charge in [-0.05, 0) is 29.3 Å². The van der Waals surface area contributed by atoms with E-state index >= 15 is 0 Å². The number of ether oxygens (including phenoxy) is 1. The van der Waals surface area contributed by atoms with Crippen molar-refractivity contribution >= 4 is 23.3 Å². The van der Waals surface area contributed by atoms with Crippen molar-refractivity contribution in [1.29, 1.82) is 0 Å². The number of carbonyl (C=O) groups excluding carboxylic acids is 1. The second kappa shape index (κ2) is 6.97. The van der Waals surface area contributed by atoms with Crippen molar-refractivity contribution in [2.75, 3.05) is 19.1 Å². The molecule has 27 heavy (non-hydrogen) atoms. The minimum atomic E-state index is -0.228. The molecule has 1 aliphatic heterocycles. The Bertz CT molecular complexity index is 1000. The minimum Gasteiger partial charge on any atom is -0.496 e. The van der Waals surface area contributed by atoms with Crippen LogP contribution in [0, 0.1) is 0 Å². The highest BCUT2D eigenvalue weighted by Gasteiger charge is 2.31. The van der Waals surface area contributed by atoms with Crippen LogP contribution < -0.4 is 15.0 Å². The molecule has 0 saturated heterocycles. The fourth-order valence-electron chi connectivity index (χ4n) is 3.47. The van der Waals surface area contributed by atoms with Crippen LogP contribution in [-0.2, 0) is 0 Å². The van der Waals surface area contributed by atoms with Crippen molar-refractivity contribution in [3.05, 3.63) is 82.9 Å². The van der Waals surface area contributed by atoms with Crippen molar-refractivity contribution < 1.29 is 9.53 Å². The van der Waals surface area contributed by atoms with Crippen molar-refractivity contribution in [3.63, 3.8) is 0 Å². The molecule has 3 aromatic carbocycles. The van der Waals surface area contributed by atoms with E-state index < -0.39 is 0 Å². The summed E-state index contributed by atoms with van der Waals surface area (Å²) in [7, 11) is 3.39. The molecule has 2 amide bonds. The maximum atomic E-state index is 12.5. The number of hydrogen-bond acceptors (Lipinski definition) is 2. The first-order chi connectivity index (χ1) is 13.1. The standard InChI is InChI=1S/C22H19ClN2O2/c1-25-19-13-20(27-2)17(15-9-6-10-16(23)11-15)12-18(19)21(24-22(25)26)14-7-4-3-5-8-14/h3-13,21H,1-2H3,(H,24,26). The third-order valence-corrected chi connectivity index (χ3v) is 5.10. The Morgan fingerprint density at radius 2 is 1.81 bits per heavy atom. The molecule has 1 aliphatic rings. The molecule has 0 bridgehead atoms. The van der Waals surface area contributed by atoms with Crippen LogP contribution >= 0.6 is 11.6 Å². The summed E-state index contributed by atoms with van der Waals surface area (Å²) in [6.45, 7) is 0. The number of hydrogen-bond donors (Lipinski definition) is 1. The van der Waals surface area contributed by atoms with Gasteiger partial charge < -0.3 is 10.1 Å². The zero-order valence-electron chi connectivity index (χ0n) is 15.1. The number of nitrogens with one attached hydrogen (secondary N) is 1. The van der Waals surface area contributed by atoms with Crippen LogP contribution in [0.25, 0.3) is 11.1 Å². The van der Waals surface area contributed by atoms with Crippen LogP contribution in [-0.4, -0.2) is 20.2 Å². The average Bonchev–Trinajstić information content (AvgIpc) is 2.70. The maximum Gasteiger partial charge on any atom is 0.322 e. The molecule has 0 spiro atoms. The number of rotatable bonds is 3. The van der Waals surface area contributed by atoms with E-state index in [1.807, 2.05) is 60.7 Å². The highest BCUT2D eigenvalue weighted by Crippen LogP contribution is 2.42. The Labute approximate surface area is 163 Å². The fraction of sp³-hybridized carbons (Fsp3) is 0.136. The van der Waals surface area contributed by atoms with Gasteiger partial charge in [0, 0.05) is 29.3 Å². The van der Waals surface area contributed by atoms with E-state index in [1.54, 1.807) is 19.1 Å². The van der Waals surface area contributed by atoms with E-state index in [1.165, 1.54) is 0 Å². The van der Waals surface area contributed by atoms with Gasteiger partial charge in [0.15, 0.2) is 0 Å². The van der Waals surface area contributed by atoms with Gasteiger partial charge in [0.2, 0.25) is 0 Å². The smallest absolute Gasteiger partial charge is 0.322 e. The molecule has 0 radical (unpaired) electrons. The number of carbonyl (C=O) groups is 1. The van der Waals surface area contributed by atoms with Gasteiger partial charge in [-0.15, -0.1) is 0 Å². The molecule has 1 heterocycles. The molecule has 5 heteroatoms. The lowest BCUT2D eigenvalue weighted by molar-refractivity contribution is 0.244. The van der Waals surface area contributed by atoms with Gasteiger partial charge in [-0.25, -0.2) is 4.79 Å². The lowest BCUT2D eigenvalue weighted by atomic mass is 9.91. The number of amides is 2. The number of anilines is 1. The van der Waals surface area contributed by atoms with Crippen LogP contribution in [0.3, 0.4) is 0 Å². The Kier molecular flexibility index (Phi) is 4.50. The summed E-state index contributed by atoms with van der Waals surface area (Å²) >= 11 is 6.19. The van der Waals surface area contributed by atoms with Gasteiger partial charge in [-0.2, -0.15) is 0 Å². The zero-order chi connectivity index (χ0) is 19.0. The quantitative estimate of drug-likeness (QED) is 0.675. The average molecular weight is 379 g/mol. The molecule has 0 fully saturated rings. The van der Waals surface area contributed by atoms with Gasteiger partial charge >= 0.3 is 6.03 Å². The van der Waals surface area contributed by atoms with E-state index in [2.05, 4.69) is 11.4 Å². The summed E-state index contributed by atoms with van der Waals surface area (Å²) in [4.78, 5) is 14.1. The predicted octanol–water partition coefficient (Wildman–Crippen LogP) is 5.26. The first-order valence-electron chi connectivity index (χ1n) is 8.65. The lowest BCUT2D eigenvalue weighted by Gasteiger charge is -2.34. The predicted molar refractivity (Wildman–Crippen MR) is 109 cm³/mol. The van der Waals surface area contributed by atoms with Crippen LogP contribution in [0.1, 0.15) is 17.2 Å². The molecule has 0 aliphatic carbocycles. The van der Waals surface area contributed by atoms with E-state index in [0.717, 1.165) is 27.9 Å². The van der Waals surface area contributed by atoms with Crippen LogP contribution in [0.4, 0.5) is 10.5 Å². The third kappa shape index (κ3) is 3.13. The van der Waals surface area contributed by atoms with Gasteiger partial charge in [0.05, 0.1) is 18.8 Å². The van der Waals surface area contributed by atoms with Crippen molar-refractivity contribution in [3.8, 4) is 16.9 Å². The van der Waals surface area contributed by atoms with Crippen molar-refractivity contribution in [2.24, 2.45) is 0 Å². The highest BCUT2D eigenvalue weighted by atomic mass is 35.5. The summed E-state index contributed by atoms with van der Waals surface area (Å²) in [6.07, 6.45) is 0. The molecule has 0 saturated carbocycles. The molecular formula is C22H19ClN2O2. The second-order valence-electron chi connectivity index (χ2n) is 6.47. The minimum absolute atomic E-state index is 0.145. The maximum absolute atomic E-state index is 12.5. The Morgan fingerprint density at radius 1 is 1.04 bits per heavy atom. The number of benzene rings is 3. The monoisotopic (exact) mass is 378 g/mol. The summed E-state index contributed by atoms with van der Waals surface area (Å²) < 4.78 is 5.63. The number of urea groups is 1. The molecule has 4 rings (SSSR count). The Balaban J connectivity index is 1.94. The van der Waals surface area contributed by atoms with E-state index in [4.69, 9.17) is 16.3 Å². The number of methoxy groups -OCH3 is 1. The highest BCUT2D eigenvalue weighted by molar-refractivity contribution is 6.30. The second-order valence-corrected chi connectivity index (χ2v) is 6.91. The van der Waals surface area contributed by atoms with Gasteiger partial charge in [0.25, 0.3) is 0 Å². The third-order valence-electron chi connectivity index (χ3n) is 4.86. The molecule has 1 N–H and O–H groups in total. The lowest BCUT2D eigenvalue weighted by Crippen LogP contribution is -2.44. The number of fused-ring (bicyclic) bond motifs is 1. The Morgan fingerprint density at radius 3 is 2.52 bits per heavy atom. The fourth-order valence-corrected chi connectivity index (χ4v) is 3.66. The van der Waals surface area contributed by atoms with Gasteiger partial charge in [0.1, 0.15) is 5.75 Å². The van der Waals surface area contributed by atoms with Crippen LogP contribution in [0.2, 0.25) is 5.02 Å². The molecule has 0 aromatic heterocycles. The van der Waals surface area contributed by atoms with Crippen LogP contribution in [0.5, 0.6) is 5.75 Å². The van der Waals surface area contributed by atoms with E-state index in [9.17, 15) is 4.79 Å². The van der Waals surface area contributed by atoms with Crippen molar-refractivity contribution in [2.45, 2.75) is 6.04 Å². The summed E-state index contributed by atoms with van der Waals surface area (Å²) in [5.74, 6) is 0.698. The summed E-state index contributed by atoms with van der Waals surface area (Å²) in [6, 6.07) is 21.2. The first-order valence-corrected chi connectivity index (χ1v) is 9.03.